The van der Waals surface area contributed by atoms with Crippen molar-refractivity contribution in [2.75, 3.05) is 13.1 Å². The number of carbonyl (C=O) groups is 1. The molecular formula is C15H30N2O2. The van der Waals surface area contributed by atoms with E-state index < -0.39 is 12.0 Å². The second-order valence-corrected chi connectivity index (χ2v) is 6.45. The summed E-state index contributed by atoms with van der Waals surface area (Å²) < 4.78 is 0. The van der Waals surface area contributed by atoms with Crippen molar-refractivity contribution >= 4 is 5.97 Å². The van der Waals surface area contributed by atoms with E-state index in [4.69, 9.17) is 0 Å². The van der Waals surface area contributed by atoms with Gasteiger partial charge in [-0.15, -0.1) is 0 Å². The van der Waals surface area contributed by atoms with Crippen LogP contribution in [0, 0.1) is 5.92 Å². The second-order valence-electron chi connectivity index (χ2n) is 6.45. The third-order valence-electron chi connectivity index (χ3n) is 3.59. The van der Waals surface area contributed by atoms with Crippen LogP contribution in [0.2, 0.25) is 0 Å². The molecule has 1 atom stereocenters. The zero-order chi connectivity index (χ0) is 14.4. The van der Waals surface area contributed by atoms with Gasteiger partial charge in [0.15, 0.2) is 0 Å². The van der Waals surface area contributed by atoms with Crippen molar-refractivity contribution in [3.63, 3.8) is 0 Å². The molecule has 1 fully saturated rings. The zero-order valence-corrected chi connectivity index (χ0v) is 12.9. The molecule has 1 rings (SSSR count). The summed E-state index contributed by atoms with van der Waals surface area (Å²) in [4.78, 5) is 13.7. The Labute approximate surface area is 117 Å². The highest BCUT2D eigenvalue weighted by atomic mass is 16.4. The van der Waals surface area contributed by atoms with E-state index in [0.717, 1.165) is 13.1 Å². The molecule has 1 unspecified atom stereocenters. The minimum absolute atomic E-state index is 0.214. The highest BCUT2D eigenvalue weighted by Gasteiger charge is 2.29. The first-order chi connectivity index (χ1) is 8.90. The Bertz CT molecular complexity index is 275. The Morgan fingerprint density at radius 3 is 2.21 bits per heavy atom. The van der Waals surface area contributed by atoms with Crippen molar-refractivity contribution in [1.82, 2.24) is 10.2 Å². The standard InChI is InChI=1S/C15H30N2O2/c1-11(2)7-9-17(13-5-6-13)10-8-14(15(18)19)16-12(3)4/h11-14,16H,5-10H2,1-4H3,(H,18,19). The molecule has 0 aromatic carbocycles. The van der Waals surface area contributed by atoms with Crippen LogP contribution in [0.1, 0.15) is 53.4 Å². The average molecular weight is 270 g/mol. The van der Waals surface area contributed by atoms with Gasteiger partial charge in [-0.25, -0.2) is 0 Å². The Balaban J connectivity index is 2.38. The number of rotatable bonds is 10. The molecule has 19 heavy (non-hydrogen) atoms. The van der Waals surface area contributed by atoms with E-state index in [0.29, 0.717) is 18.4 Å². The number of aliphatic carboxylic acids is 1. The summed E-state index contributed by atoms with van der Waals surface area (Å²) in [5.41, 5.74) is 0. The van der Waals surface area contributed by atoms with Gasteiger partial charge in [-0.1, -0.05) is 27.7 Å². The van der Waals surface area contributed by atoms with E-state index >= 15 is 0 Å². The van der Waals surface area contributed by atoms with E-state index in [1.807, 2.05) is 13.8 Å². The Morgan fingerprint density at radius 1 is 1.21 bits per heavy atom. The van der Waals surface area contributed by atoms with E-state index in [9.17, 15) is 9.90 Å². The van der Waals surface area contributed by atoms with E-state index in [-0.39, 0.29) is 6.04 Å². The quantitative estimate of drug-likeness (QED) is 0.640. The average Bonchev–Trinajstić information content (AvgIpc) is 3.10. The van der Waals surface area contributed by atoms with Crippen LogP contribution < -0.4 is 5.32 Å². The molecule has 1 saturated carbocycles. The molecule has 0 saturated heterocycles. The van der Waals surface area contributed by atoms with Gasteiger partial charge < -0.3 is 15.3 Å². The molecular weight excluding hydrogens is 240 g/mol. The van der Waals surface area contributed by atoms with Gasteiger partial charge in [-0.3, -0.25) is 4.79 Å². The van der Waals surface area contributed by atoms with Gasteiger partial charge in [-0.05, 0) is 38.1 Å². The van der Waals surface area contributed by atoms with E-state index in [1.165, 1.54) is 19.3 Å². The molecule has 1 aliphatic carbocycles. The monoisotopic (exact) mass is 270 g/mol. The van der Waals surface area contributed by atoms with Gasteiger partial charge in [0, 0.05) is 18.6 Å². The second kappa shape index (κ2) is 7.85. The van der Waals surface area contributed by atoms with Crippen molar-refractivity contribution in [2.45, 2.75) is 71.5 Å². The highest BCUT2D eigenvalue weighted by molar-refractivity contribution is 5.73. The molecule has 0 radical (unpaired) electrons. The van der Waals surface area contributed by atoms with Crippen LogP contribution in [0.15, 0.2) is 0 Å². The zero-order valence-electron chi connectivity index (χ0n) is 12.9. The fraction of sp³-hybridized carbons (Fsp3) is 0.933. The van der Waals surface area contributed by atoms with E-state index in [1.54, 1.807) is 0 Å². The Kier molecular flexibility index (Phi) is 6.80. The Hall–Kier alpha value is -0.610. The molecule has 4 heteroatoms. The molecule has 0 aromatic rings. The van der Waals surface area contributed by atoms with E-state index in [2.05, 4.69) is 24.1 Å². The molecule has 112 valence electrons. The number of carboxylic acids is 1. The summed E-state index contributed by atoms with van der Waals surface area (Å²) >= 11 is 0. The third kappa shape index (κ3) is 6.92. The SMILES string of the molecule is CC(C)CCN(CCC(NC(C)C)C(=O)O)C1CC1. The smallest absolute Gasteiger partial charge is 0.320 e. The molecule has 2 N–H and O–H groups in total. The fourth-order valence-electron chi connectivity index (χ4n) is 2.32. The first kappa shape index (κ1) is 16.4. The number of nitrogens with zero attached hydrogens (tertiary/aromatic N) is 1. The van der Waals surface area contributed by atoms with Crippen LogP contribution in [0.4, 0.5) is 0 Å². The topological polar surface area (TPSA) is 52.6 Å². The van der Waals surface area contributed by atoms with Crippen LogP contribution in [0.5, 0.6) is 0 Å². The lowest BCUT2D eigenvalue weighted by molar-refractivity contribution is -0.140. The highest BCUT2D eigenvalue weighted by Crippen LogP contribution is 2.27. The molecule has 0 aliphatic heterocycles. The van der Waals surface area contributed by atoms with Crippen molar-refractivity contribution < 1.29 is 9.90 Å². The molecule has 0 spiro atoms. The van der Waals surface area contributed by atoms with Gasteiger partial charge in [0.1, 0.15) is 6.04 Å². The van der Waals surface area contributed by atoms with Crippen LogP contribution in [0.25, 0.3) is 0 Å². The first-order valence-corrected chi connectivity index (χ1v) is 7.63. The normalized spacial score (nSPS) is 17.4. The Morgan fingerprint density at radius 2 is 1.79 bits per heavy atom. The van der Waals surface area contributed by atoms with Crippen LogP contribution in [-0.4, -0.2) is 47.2 Å². The van der Waals surface area contributed by atoms with Gasteiger partial charge in [0.05, 0.1) is 0 Å². The predicted molar refractivity (Wildman–Crippen MR) is 78.4 cm³/mol. The lowest BCUT2D eigenvalue weighted by Crippen LogP contribution is -2.43. The molecule has 0 amide bonds. The molecule has 4 nitrogen and oxygen atoms in total. The lowest BCUT2D eigenvalue weighted by Gasteiger charge is -2.25. The van der Waals surface area contributed by atoms with Crippen molar-refractivity contribution in [1.29, 1.82) is 0 Å². The number of nitrogens with one attached hydrogen (secondary N) is 1. The summed E-state index contributed by atoms with van der Waals surface area (Å²) in [6.07, 6.45) is 4.47. The molecule has 0 bridgehead atoms. The maximum absolute atomic E-state index is 11.2. The molecule has 0 heterocycles. The number of hydrogen-bond acceptors (Lipinski definition) is 3. The minimum atomic E-state index is -0.728. The lowest BCUT2D eigenvalue weighted by atomic mass is 10.1. The first-order valence-electron chi connectivity index (χ1n) is 7.63. The maximum Gasteiger partial charge on any atom is 0.320 e. The van der Waals surface area contributed by atoms with Gasteiger partial charge >= 0.3 is 5.97 Å². The number of hydrogen-bond donors (Lipinski definition) is 2. The van der Waals surface area contributed by atoms with Crippen molar-refractivity contribution in [3.05, 3.63) is 0 Å². The summed E-state index contributed by atoms with van der Waals surface area (Å²) in [7, 11) is 0. The van der Waals surface area contributed by atoms with Crippen LogP contribution in [-0.2, 0) is 4.79 Å². The summed E-state index contributed by atoms with van der Waals surface area (Å²) in [6.45, 7) is 10.5. The summed E-state index contributed by atoms with van der Waals surface area (Å²) in [6, 6.07) is 0.513. The third-order valence-corrected chi connectivity index (χ3v) is 3.59. The summed E-state index contributed by atoms with van der Waals surface area (Å²) in [5.74, 6) is -0.0152. The largest absolute Gasteiger partial charge is 0.480 e. The fourth-order valence-corrected chi connectivity index (χ4v) is 2.32. The van der Waals surface area contributed by atoms with Crippen LogP contribution >= 0.6 is 0 Å². The molecule has 1 aliphatic rings. The van der Waals surface area contributed by atoms with Crippen LogP contribution in [0.3, 0.4) is 0 Å². The maximum atomic E-state index is 11.2. The van der Waals surface area contributed by atoms with Gasteiger partial charge in [0.25, 0.3) is 0 Å². The van der Waals surface area contributed by atoms with Gasteiger partial charge in [0.2, 0.25) is 0 Å². The van der Waals surface area contributed by atoms with Gasteiger partial charge in [-0.2, -0.15) is 0 Å². The number of carboxylic acid groups (broad SMARTS) is 1. The van der Waals surface area contributed by atoms with Crippen molar-refractivity contribution in [3.8, 4) is 0 Å². The van der Waals surface area contributed by atoms with Crippen molar-refractivity contribution in [2.24, 2.45) is 5.92 Å². The summed E-state index contributed by atoms with van der Waals surface area (Å²) in [5, 5.41) is 12.4. The minimum Gasteiger partial charge on any atom is -0.480 e. The predicted octanol–water partition coefficient (Wildman–Crippen LogP) is 2.34. The molecule has 0 aromatic heterocycles.